The summed E-state index contributed by atoms with van der Waals surface area (Å²) in [6, 6.07) is 6.32. The largest absolute Gasteiger partial charge is 1.00 e. The number of carbonyl (C=O) groups excluding carboxylic acids is 1. The standard InChI is InChI=1S/C21H21F6O2P.Li.H/c1-12(2)9-10-29-14-7-8-17(13(3)11-14)30-19(28)18-15(20(22,23)24)5-4-6-16(18)21(25,26)27;;/h4-8,11-12,30H,9-10H2,1-3H3;;/q;+1;-1. The molecule has 0 aliphatic rings. The van der Waals surface area contributed by atoms with Crippen molar-refractivity contribution in [3.8, 4) is 5.75 Å². The van der Waals surface area contributed by atoms with Crippen molar-refractivity contribution in [2.24, 2.45) is 5.92 Å². The Labute approximate surface area is 192 Å². The fraction of sp³-hybridized carbons (Fsp3) is 0.381. The van der Waals surface area contributed by atoms with Crippen LogP contribution in [0.1, 0.15) is 48.7 Å². The zero-order chi connectivity index (χ0) is 22.7. The van der Waals surface area contributed by atoms with Crippen LogP contribution in [0.3, 0.4) is 0 Å². The minimum Gasteiger partial charge on any atom is -1.00 e. The molecule has 0 amide bonds. The van der Waals surface area contributed by atoms with E-state index in [1.807, 2.05) is 13.8 Å². The SMILES string of the molecule is Cc1cc(OCCC(C)C)ccc1PC(=O)c1c(C(F)(F)F)cccc1C(F)(F)F.[H-].[Li+]. The van der Waals surface area contributed by atoms with Crippen LogP contribution in [0.5, 0.6) is 5.75 Å². The summed E-state index contributed by atoms with van der Waals surface area (Å²) in [5, 5.41) is 0.362. The van der Waals surface area contributed by atoms with Crippen molar-refractivity contribution in [1.29, 1.82) is 0 Å². The Balaban J connectivity index is 0.00000480. The van der Waals surface area contributed by atoms with Crippen molar-refractivity contribution >= 4 is 19.4 Å². The summed E-state index contributed by atoms with van der Waals surface area (Å²) in [5.41, 5.74) is -5.16. The number of benzene rings is 2. The fourth-order valence-corrected chi connectivity index (χ4v) is 3.81. The number of rotatable bonds is 7. The number of halogens is 6. The van der Waals surface area contributed by atoms with Crippen LogP contribution in [0.2, 0.25) is 0 Å². The molecular weight excluding hydrogens is 436 g/mol. The molecule has 0 aliphatic heterocycles. The zero-order valence-corrected chi connectivity index (χ0v) is 18.5. The van der Waals surface area contributed by atoms with E-state index in [9.17, 15) is 31.1 Å². The number of ether oxygens (including phenoxy) is 1. The van der Waals surface area contributed by atoms with E-state index in [-0.39, 0.29) is 20.3 Å². The molecule has 0 bridgehead atoms. The van der Waals surface area contributed by atoms with Crippen LogP contribution in [0.15, 0.2) is 36.4 Å². The van der Waals surface area contributed by atoms with Crippen LogP contribution in [-0.4, -0.2) is 12.1 Å². The molecule has 0 heterocycles. The first kappa shape index (κ1) is 27.6. The Morgan fingerprint density at radius 3 is 2.03 bits per heavy atom. The van der Waals surface area contributed by atoms with E-state index < -0.39 is 43.1 Å². The second-order valence-corrected chi connectivity index (χ2v) is 8.43. The van der Waals surface area contributed by atoms with Gasteiger partial charge in [-0.1, -0.05) is 26.0 Å². The summed E-state index contributed by atoms with van der Waals surface area (Å²) in [5.74, 6) is 0.974. The quantitative estimate of drug-likeness (QED) is 0.359. The number of alkyl halides is 6. The van der Waals surface area contributed by atoms with Gasteiger partial charge in [0.05, 0.1) is 17.7 Å². The molecular formula is C21H22F6LiO2P. The monoisotopic (exact) mass is 458 g/mol. The third-order valence-electron chi connectivity index (χ3n) is 4.31. The zero-order valence-electron chi connectivity index (χ0n) is 18.5. The Bertz CT molecular complexity index is 884. The van der Waals surface area contributed by atoms with E-state index in [0.29, 0.717) is 47.3 Å². The van der Waals surface area contributed by atoms with Gasteiger partial charge in [-0.3, -0.25) is 4.79 Å². The third-order valence-corrected chi connectivity index (χ3v) is 5.62. The van der Waals surface area contributed by atoms with Crippen LogP contribution in [-0.2, 0) is 12.4 Å². The van der Waals surface area contributed by atoms with Gasteiger partial charge in [-0.2, -0.15) is 26.3 Å². The first-order valence-corrected chi connectivity index (χ1v) is 10.1. The molecule has 1 unspecified atom stereocenters. The molecule has 0 N–H and O–H groups in total. The fourth-order valence-electron chi connectivity index (χ4n) is 2.73. The summed E-state index contributed by atoms with van der Waals surface area (Å²) < 4.78 is 85.3. The van der Waals surface area contributed by atoms with Crippen LogP contribution >= 0.6 is 8.58 Å². The van der Waals surface area contributed by atoms with Crippen LogP contribution in [0.4, 0.5) is 26.3 Å². The van der Waals surface area contributed by atoms with Gasteiger partial charge in [-0.25, -0.2) is 0 Å². The molecule has 0 fully saturated rings. The summed E-state index contributed by atoms with van der Waals surface area (Å²) in [4.78, 5) is 12.6. The molecule has 2 rings (SSSR count). The van der Waals surface area contributed by atoms with Crippen LogP contribution in [0, 0.1) is 12.8 Å². The summed E-state index contributed by atoms with van der Waals surface area (Å²) in [6.07, 6.45) is -9.34. The van der Waals surface area contributed by atoms with Gasteiger partial charge >= 0.3 is 31.2 Å². The maximum Gasteiger partial charge on any atom is 1.00 e. The van der Waals surface area contributed by atoms with Crippen LogP contribution < -0.4 is 28.9 Å². The second kappa shape index (κ2) is 10.9. The number of carbonyl (C=O) groups is 1. The molecule has 0 saturated heterocycles. The average Bonchev–Trinajstić information content (AvgIpc) is 2.61. The summed E-state index contributed by atoms with van der Waals surface area (Å²) in [6.45, 7) is 6.19. The van der Waals surface area contributed by atoms with E-state index in [0.717, 1.165) is 6.42 Å². The van der Waals surface area contributed by atoms with Crippen molar-refractivity contribution < 1.29 is 56.2 Å². The normalized spacial score (nSPS) is 12.3. The van der Waals surface area contributed by atoms with Gasteiger partial charge in [0.1, 0.15) is 5.75 Å². The Morgan fingerprint density at radius 1 is 1.03 bits per heavy atom. The van der Waals surface area contributed by atoms with Crippen molar-refractivity contribution in [2.75, 3.05) is 6.61 Å². The molecule has 166 valence electrons. The van der Waals surface area contributed by atoms with Gasteiger partial charge < -0.3 is 6.16 Å². The van der Waals surface area contributed by atoms with Gasteiger partial charge in [-0.15, -0.1) is 0 Å². The average molecular weight is 458 g/mol. The van der Waals surface area contributed by atoms with Gasteiger partial charge in [0.25, 0.3) is 0 Å². The molecule has 0 aromatic heterocycles. The predicted octanol–water partition coefficient (Wildman–Crippen LogP) is 3.72. The van der Waals surface area contributed by atoms with Crippen molar-refractivity contribution in [3.05, 3.63) is 58.7 Å². The third kappa shape index (κ3) is 7.56. The summed E-state index contributed by atoms with van der Waals surface area (Å²) in [7, 11) is -0.894. The molecule has 0 spiro atoms. The van der Waals surface area contributed by atoms with E-state index in [2.05, 4.69) is 0 Å². The minimum atomic E-state index is -5.08. The van der Waals surface area contributed by atoms with Gasteiger partial charge in [-0.05, 0) is 63.0 Å². The summed E-state index contributed by atoms with van der Waals surface area (Å²) >= 11 is 0. The number of hydrogen-bond acceptors (Lipinski definition) is 2. The van der Waals surface area contributed by atoms with Gasteiger partial charge in [0.2, 0.25) is 0 Å². The van der Waals surface area contributed by atoms with E-state index >= 15 is 0 Å². The van der Waals surface area contributed by atoms with Gasteiger partial charge in [0, 0.05) is 5.56 Å². The van der Waals surface area contributed by atoms with Crippen molar-refractivity contribution in [1.82, 2.24) is 0 Å². The molecule has 0 saturated carbocycles. The molecule has 0 radical (unpaired) electrons. The number of aryl methyl sites for hydroxylation is 1. The predicted molar refractivity (Wildman–Crippen MR) is 106 cm³/mol. The topological polar surface area (TPSA) is 26.3 Å². The number of hydrogen-bond donors (Lipinski definition) is 0. The smallest absolute Gasteiger partial charge is 1.00 e. The molecule has 0 aliphatic carbocycles. The van der Waals surface area contributed by atoms with Crippen molar-refractivity contribution in [3.63, 3.8) is 0 Å². The molecule has 1 atom stereocenters. The maximum absolute atomic E-state index is 13.3. The Hall–Kier alpha value is -1.48. The second-order valence-electron chi connectivity index (χ2n) is 7.19. The maximum atomic E-state index is 13.3. The first-order valence-electron chi connectivity index (χ1n) is 9.13. The molecule has 31 heavy (non-hydrogen) atoms. The Kier molecular flexibility index (Phi) is 9.68. The van der Waals surface area contributed by atoms with Crippen LogP contribution in [0.25, 0.3) is 0 Å². The van der Waals surface area contributed by atoms with E-state index in [4.69, 9.17) is 4.74 Å². The van der Waals surface area contributed by atoms with Crippen molar-refractivity contribution in [2.45, 2.75) is 39.5 Å². The molecule has 2 aromatic rings. The first-order chi connectivity index (χ1) is 13.8. The van der Waals surface area contributed by atoms with E-state index in [1.165, 1.54) is 6.07 Å². The molecule has 2 nitrogen and oxygen atoms in total. The molecule has 10 heteroatoms. The Morgan fingerprint density at radius 2 is 1.58 bits per heavy atom. The van der Waals surface area contributed by atoms with E-state index in [1.54, 1.807) is 19.1 Å². The molecule has 2 aromatic carbocycles. The van der Waals surface area contributed by atoms with Gasteiger partial charge in [0.15, 0.2) is 5.52 Å². The minimum absolute atomic E-state index is 0.